The molecule has 1 atom stereocenters. The predicted octanol–water partition coefficient (Wildman–Crippen LogP) is 5.20. The van der Waals surface area contributed by atoms with Gasteiger partial charge >= 0.3 is 0 Å². The summed E-state index contributed by atoms with van der Waals surface area (Å²) in [4.78, 5) is 33.8. The number of halogens is 4. The number of carbonyl (C=O) groups excluding carboxylic acids is 1. The first-order valence-electron chi connectivity index (χ1n) is 14.7. The topological polar surface area (TPSA) is 104 Å². The van der Waals surface area contributed by atoms with Crippen molar-refractivity contribution in [2.45, 2.75) is 70.9 Å². The molecule has 6 rings (SSSR count). The smallest absolute Gasteiger partial charge is 0.278 e. The summed E-state index contributed by atoms with van der Waals surface area (Å²) in [6.07, 6.45) is 2.34. The first kappa shape index (κ1) is 26.4. The Morgan fingerprint density at radius 1 is 1.16 bits per heavy atom. The second kappa shape index (κ2) is 10.8. The summed E-state index contributed by atoms with van der Waals surface area (Å²) in [7, 11) is 0. The van der Waals surface area contributed by atoms with Crippen molar-refractivity contribution in [1.29, 1.82) is 0 Å². The summed E-state index contributed by atoms with van der Waals surface area (Å²) in [5.41, 5.74) is -1.17. The molecule has 0 spiro atoms. The molecule has 4 aromatic rings. The van der Waals surface area contributed by atoms with Crippen LogP contribution in [0.1, 0.15) is 77.1 Å². The van der Waals surface area contributed by atoms with Gasteiger partial charge in [-0.15, -0.1) is 0 Å². The van der Waals surface area contributed by atoms with Crippen LogP contribution in [-0.4, -0.2) is 30.2 Å². The molecule has 1 amide bonds. The molecule has 0 aromatic carbocycles. The van der Waals surface area contributed by atoms with Crippen molar-refractivity contribution in [2.24, 2.45) is 0 Å². The highest BCUT2D eigenvalue weighted by atomic mass is 35.5. The largest absolute Gasteiger partial charge is 0.482 e. The molecular weight excluding hydrogens is 585 g/mol. The number of fused-ring (bicyclic) bond motifs is 4. The first-order valence-corrected chi connectivity index (χ1v) is 14.1. The van der Waals surface area contributed by atoms with E-state index < -0.39 is 46.9 Å². The SMILES string of the molecule is [2H]C1([2H])CC(Oc2cc3n(c(=O)c2Cl)-c2c(cnc(-n4cc(F)c(C(C)(C)NC(C)=O)n4)c2F)CCCC3)c2ncc(F)cc21. The Labute approximate surface area is 252 Å². The Morgan fingerprint density at radius 3 is 2.70 bits per heavy atom. The molecule has 9 nitrogen and oxygen atoms in total. The molecule has 4 aromatic heterocycles. The average Bonchev–Trinajstić information content (AvgIpc) is 3.45. The number of pyridine rings is 3. The Morgan fingerprint density at radius 2 is 1.93 bits per heavy atom. The van der Waals surface area contributed by atoms with Crippen LogP contribution in [0.25, 0.3) is 11.5 Å². The van der Waals surface area contributed by atoms with Crippen molar-refractivity contribution in [3.05, 3.63) is 91.8 Å². The number of hydrogen-bond acceptors (Lipinski definition) is 6. The van der Waals surface area contributed by atoms with Crippen molar-refractivity contribution in [3.63, 3.8) is 0 Å². The third-order valence-electron chi connectivity index (χ3n) is 7.50. The minimum absolute atomic E-state index is 0.0384. The number of carbonyl (C=O) groups is 1. The molecule has 0 saturated carbocycles. The van der Waals surface area contributed by atoms with Gasteiger partial charge in [0, 0.05) is 27.6 Å². The number of aryl methyl sites for hydroxylation is 3. The lowest BCUT2D eigenvalue weighted by molar-refractivity contribution is -0.120. The molecule has 0 radical (unpaired) electrons. The number of ether oxygens (including phenoxy) is 1. The molecule has 1 unspecified atom stereocenters. The quantitative estimate of drug-likeness (QED) is 0.331. The Hall–Kier alpha value is -4.19. The van der Waals surface area contributed by atoms with Crippen LogP contribution in [0.4, 0.5) is 13.2 Å². The molecule has 0 bridgehead atoms. The summed E-state index contributed by atoms with van der Waals surface area (Å²) in [5, 5.41) is 6.43. The van der Waals surface area contributed by atoms with Crippen molar-refractivity contribution in [2.75, 3.05) is 0 Å². The van der Waals surface area contributed by atoms with E-state index in [0.29, 0.717) is 36.9 Å². The van der Waals surface area contributed by atoms with E-state index in [2.05, 4.69) is 20.4 Å². The molecule has 2 aliphatic rings. The standard InChI is InChI=1S/C30H28ClF3N6O3/c1-15(41)37-30(2,3)27-20(33)14-39(38-27)28-24(34)26-17(12-36-28)6-4-5-7-19-11-22(23(31)29(42)40(19)26)43-21-9-8-16-10-18(32)13-35-25(16)21/h10-14,21H,4-9H2,1-3H3,(H,37,41)/i8D2. The Bertz CT molecular complexity index is 1930. The molecular formula is C30H28ClF3N6O3. The zero-order valence-electron chi connectivity index (χ0n) is 25.5. The van der Waals surface area contributed by atoms with E-state index in [1.807, 2.05) is 0 Å². The van der Waals surface area contributed by atoms with E-state index >= 15 is 8.78 Å². The maximum atomic E-state index is 16.5. The fourth-order valence-corrected chi connectivity index (χ4v) is 5.80. The molecule has 43 heavy (non-hydrogen) atoms. The third kappa shape index (κ3) is 5.17. The highest BCUT2D eigenvalue weighted by molar-refractivity contribution is 6.31. The minimum Gasteiger partial charge on any atom is -0.482 e. The summed E-state index contributed by atoms with van der Waals surface area (Å²) in [5.74, 6) is -3.22. The number of rotatable bonds is 5. The second-order valence-electron chi connectivity index (χ2n) is 11.1. The van der Waals surface area contributed by atoms with Gasteiger partial charge in [-0.1, -0.05) is 11.6 Å². The highest BCUT2D eigenvalue weighted by Crippen LogP contribution is 2.37. The summed E-state index contributed by atoms with van der Waals surface area (Å²) < 4.78 is 70.1. The van der Waals surface area contributed by atoms with Crippen LogP contribution in [0.3, 0.4) is 0 Å². The van der Waals surface area contributed by atoms with Crippen LogP contribution in [0.2, 0.25) is 5.02 Å². The van der Waals surface area contributed by atoms with E-state index in [1.165, 1.54) is 19.2 Å². The van der Waals surface area contributed by atoms with Crippen molar-refractivity contribution in [1.82, 2.24) is 29.6 Å². The van der Waals surface area contributed by atoms with Gasteiger partial charge in [-0.25, -0.2) is 22.8 Å². The molecule has 224 valence electrons. The maximum absolute atomic E-state index is 16.5. The van der Waals surface area contributed by atoms with Crippen molar-refractivity contribution >= 4 is 17.5 Å². The zero-order chi connectivity index (χ0) is 32.4. The van der Waals surface area contributed by atoms with Gasteiger partial charge in [0.05, 0.1) is 29.3 Å². The van der Waals surface area contributed by atoms with Crippen LogP contribution >= 0.6 is 11.6 Å². The molecule has 0 fully saturated rings. The fraction of sp³-hybridized carbons (Fsp3) is 0.367. The number of hydrogen-bond donors (Lipinski definition) is 1. The minimum atomic E-state index is -1.92. The van der Waals surface area contributed by atoms with Gasteiger partial charge in [-0.05, 0) is 69.5 Å². The lowest BCUT2D eigenvalue weighted by atomic mass is 10.0. The molecule has 5 heterocycles. The van der Waals surface area contributed by atoms with E-state index in [1.54, 1.807) is 13.8 Å². The maximum Gasteiger partial charge on any atom is 0.278 e. The Balaban J connectivity index is 1.44. The van der Waals surface area contributed by atoms with Gasteiger partial charge in [-0.3, -0.25) is 19.1 Å². The number of aromatic nitrogens is 5. The molecule has 13 heteroatoms. The van der Waals surface area contributed by atoms with Gasteiger partial charge < -0.3 is 10.1 Å². The zero-order valence-corrected chi connectivity index (χ0v) is 24.2. The summed E-state index contributed by atoms with van der Waals surface area (Å²) in [6.45, 7) is 4.39. The number of amides is 1. The number of nitrogens with zero attached hydrogens (tertiary/aromatic N) is 5. The van der Waals surface area contributed by atoms with Crippen molar-refractivity contribution < 1.29 is 25.4 Å². The first-order chi connectivity index (χ1) is 21.2. The van der Waals surface area contributed by atoms with Gasteiger partial charge in [0.15, 0.2) is 17.5 Å². The van der Waals surface area contributed by atoms with Gasteiger partial charge in [0.25, 0.3) is 5.56 Å². The van der Waals surface area contributed by atoms with Gasteiger partial charge in [0.1, 0.15) is 28.4 Å². The summed E-state index contributed by atoms with van der Waals surface area (Å²) in [6, 6.07) is 2.58. The Kier molecular flexibility index (Phi) is 6.65. The lowest BCUT2D eigenvalue weighted by Gasteiger charge is -2.24. The normalized spacial score (nSPS) is 18.0. The number of nitrogens with one attached hydrogen (secondary N) is 1. The van der Waals surface area contributed by atoms with Crippen LogP contribution in [0.5, 0.6) is 5.75 Å². The van der Waals surface area contributed by atoms with E-state index in [9.17, 15) is 14.0 Å². The summed E-state index contributed by atoms with van der Waals surface area (Å²) >= 11 is 6.55. The average molecular weight is 615 g/mol. The predicted molar refractivity (Wildman–Crippen MR) is 151 cm³/mol. The van der Waals surface area contributed by atoms with Gasteiger partial charge in [-0.2, -0.15) is 5.10 Å². The van der Waals surface area contributed by atoms with Crippen molar-refractivity contribution in [3.8, 4) is 17.3 Å². The van der Waals surface area contributed by atoms with Crippen LogP contribution in [0.15, 0.2) is 35.5 Å². The molecule has 1 aliphatic heterocycles. The lowest BCUT2D eigenvalue weighted by Crippen LogP contribution is -2.40. The van der Waals surface area contributed by atoms with Crippen LogP contribution in [0, 0.1) is 17.5 Å². The second-order valence-corrected chi connectivity index (χ2v) is 11.5. The van der Waals surface area contributed by atoms with E-state index in [4.69, 9.17) is 19.1 Å². The fourth-order valence-electron chi connectivity index (χ4n) is 5.62. The highest BCUT2D eigenvalue weighted by Gasteiger charge is 2.32. The van der Waals surface area contributed by atoms with Gasteiger partial charge in [0.2, 0.25) is 5.91 Å². The third-order valence-corrected chi connectivity index (χ3v) is 7.85. The van der Waals surface area contributed by atoms with E-state index in [0.717, 1.165) is 27.7 Å². The monoisotopic (exact) mass is 614 g/mol. The van der Waals surface area contributed by atoms with Crippen LogP contribution < -0.4 is 15.6 Å². The molecule has 1 N–H and O–H groups in total. The van der Waals surface area contributed by atoms with E-state index in [-0.39, 0.29) is 45.6 Å². The molecule has 0 saturated heterocycles. The van der Waals surface area contributed by atoms with Crippen LogP contribution in [-0.2, 0) is 29.5 Å². The molecule has 1 aliphatic carbocycles.